The van der Waals surface area contributed by atoms with Crippen molar-refractivity contribution in [2.45, 2.75) is 19.4 Å². The van der Waals surface area contributed by atoms with Crippen LogP contribution in [0.25, 0.3) is 0 Å². The maximum Gasteiger partial charge on any atom is 0.0819 e. The van der Waals surface area contributed by atoms with Gasteiger partial charge in [0.1, 0.15) is 0 Å². The van der Waals surface area contributed by atoms with Crippen LogP contribution in [0.15, 0.2) is 4.99 Å². The van der Waals surface area contributed by atoms with Crippen LogP contribution >= 0.6 is 0 Å². The van der Waals surface area contributed by atoms with Crippen LogP contribution in [-0.2, 0) is 4.74 Å². The van der Waals surface area contributed by atoms with Crippen molar-refractivity contribution in [1.29, 1.82) is 0 Å². The van der Waals surface area contributed by atoms with Gasteiger partial charge >= 0.3 is 0 Å². The third-order valence-corrected chi connectivity index (χ3v) is 1.30. The Labute approximate surface area is 49.6 Å². The first kappa shape index (κ1) is 5.76. The van der Waals surface area contributed by atoms with Crippen molar-refractivity contribution in [3.8, 4) is 0 Å². The molecule has 0 radical (unpaired) electrons. The fourth-order valence-corrected chi connectivity index (χ4v) is 0.724. The lowest BCUT2D eigenvalue weighted by Gasteiger charge is -2.15. The predicted molar refractivity (Wildman–Crippen MR) is 33.4 cm³/mol. The Morgan fingerprint density at radius 3 is 3.12 bits per heavy atom. The van der Waals surface area contributed by atoms with E-state index >= 15 is 0 Å². The fourth-order valence-electron chi connectivity index (χ4n) is 0.724. The molecule has 2 nitrogen and oxygen atoms in total. The quantitative estimate of drug-likeness (QED) is 0.494. The molecule has 46 valence electrons. The van der Waals surface area contributed by atoms with E-state index in [0.29, 0.717) is 12.7 Å². The molecule has 0 aliphatic carbocycles. The van der Waals surface area contributed by atoms with E-state index in [0.717, 1.165) is 13.0 Å². The summed E-state index contributed by atoms with van der Waals surface area (Å²) in [6.07, 6.45) is 3.30. The van der Waals surface area contributed by atoms with Gasteiger partial charge in [-0.15, -0.1) is 0 Å². The highest BCUT2D eigenvalue weighted by Gasteiger charge is 2.06. The van der Waals surface area contributed by atoms with Crippen LogP contribution < -0.4 is 0 Å². The zero-order valence-electron chi connectivity index (χ0n) is 5.13. The largest absolute Gasteiger partial charge is 0.371 e. The van der Waals surface area contributed by atoms with E-state index in [1.165, 1.54) is 0 Å². The normalized spacial score (nSPS) is 28.4. The van der Waals surface area contributed by atoms with E-state index in [9.17, 15) is 0 Å². The molecule has 0 spiro atoms. The van der Waals surface area contributed by atoms with Gasteiger partial charge in [-0.3, -0.25) is 4.99 Å². The Morgan fingerprint density at radius 1 is 1.88 bits per heavy atom. The average molecular weight is 113 g/mol. The monoisotopic (exact) mass is 113 g/mol. The van der Waals surface area contributed by atoms with E-state index in [-0.39, 0.29) is 0 Å². The Bertz CT molecular complexity index is 90.5. The fraction of sp³-hybridized carbons (Fsp3) is 0.833. The first-order valence-corrected chi connectivity index (χ1v) is 3.03. The van der Waals surface area contributed by atoms with Crippen molar-refractivity contribution in [3.05, 3.63) is 0 Å². The predicted octanol–water partition coefficient (Wildman–Crippen LogP) is 0.866. The summed E-state index contributed by atoms with van der Waals surface area (Å²) >= 11 is 0. The van der Waals surface area contributed by atoms with Gasteiger partial charge in [-0.2, -0.15) is 0 Å². The summed E-state index contributed by atoms with van der Waals surface area (Å²) in [7, 11) is 0. The number of rotatable bonds is 1. The smallest absolute Gasteiger partial charge is 0.0819 e. The number of hydrogen-bond acceptors (Lipinski definition) is 2. The summed E-state index contributed by atoms with van der Waals surface area (Å²) < 4.78 is 5.28. The number of aliphatic imine (C=N–C) groups is 1. The van der Waals surface area contributed by atoms with Gasteiger partial charge in [-0.25, -0.2) is 0 Å². The van der Waals surface area contributed by atoms with Gasteiger partial charge < -0.3 is 4.74 Å². The van der Waals surface area contributed by atoms with Crippen molar-refractivity contribution in [1.82, 2.24) is 0 Å². The van der Waals surface area contributed by atoms with Crippen LogP contribution in [0.5, 0.6) is 0 Å². The summed E-state index contributed by atoms with van der Waals surface area (Å²) in [6.45, 7) is 3.68. The third kappa shape index (κ3) is 1.30. The Hall–Kier alpha value is -0.370. The number of ether oxygens (including phenoxy) is 1. The van der Waals surface area contributed by atoms with Crippen molar-refractivity contribution in [3.63, 3.8) is 0 Å². The Morgan fingerprint density at radius 2 is 2.75 bits per heavy atom. The lowest BCUT2D eigenvalue weighted by Crippen LogP contribution is -2.20. The maximum absolute atomic E-state index is 5.28. The number of hydrogen-bond donors (Lipinski definition) is 0. The topological polar surface area (TPSA) is 21.6 Å². The van der Waals surface area contributed by atoms with Gasteiger partial charge in [-0.1, -0.05) is 6.92 Å². The minimum Gasteiger partial charge on any atom is -0.371 e. The van der Waals surface area contributed by atoms with E-state index in [4.69, 9.17) is 4.74 Å². The zero-order valence-corrected chi connectivity index (χ0v) is 5.13. The second-order valence-electron chi connectivity index (χ2n) is 1.91. The van der Waals surface area contributed by atoms with Crippen molar-refractivity contribution >= 4 is 6.21 Å². The second kappa shape index (κ2) is 2.82. The molecule has 0 aromatic rings. The molecular formula is C6H11NO. The molecule has 0 fully saturated rings. The van der Waals surface area contributed by atoms with Gasteiger partial charge in [0.15, 0.2) is 0 Å². The SMILES string of the molecule is CCC1CN=CCO1. The molecule has 0 N–H and O–H groups in total. The number of nitrogens with zero attached hydrogens (tertiary/aromatic N) is 1. The molecular weight excluding hydrogens is 102 g/mol. The summed E-state index contributed by atoms with van der Waals surface area (Å²) in [6, 6.07) is 0. The highest BCUT2D eigenvalue weighted by molar-refractivity contribution is 5.59. The highest BCUT2D eigenvalue weighted by atomic mass is 16.5. The molecule has 8 heavy (non-hydrogen) atoms. The first-order valence-electron chi connectivity index (χ1n) is 3.03. The molecule has 0 saturated carbocycles. The lowest BCUT2D eigenvalue weighted by molar-refractivity contribution is 0.0796. The van der Waals surface area contributed by atoms with Crippen molar-refractivity contribution < 1.29 is 4.74 Å². The van der Waals surface area contributed by atoms with Crippen molar-refractivity contribution in [2.75, 3.05) is 13.2 Å². The Kier molecular flexibility index (Phi) is 2.03. The van der Waals surface area contributed by atoms with E-state index in [1.54, 1.807) is 0 Å². The molecule has 0 aromatic heterocycles. The Balaban J connectivity index is 2.27. The lowest BCUT2D eigenvalue weighted by atomic mass is 10.3. The van der Waals surface area contributed by atoms with Crippen LogP contribution in [0.1, 0.15) is 13.3 Å². The molecule has 0 amide bonds. The first-order chi connectivity index (χ1) is 3.93. The van der Waals surface area contributed by atoms with E-state index in [2.05, 4.69) is 11.9 Å². The zero-order chi connectivity index (χ0) is 5.82. The molecule has 1 heterocycles. The summed E-state index contributed by atoms with van der Waals surface area (Å²) in [4.78, 5) is 4.08. The van der Waals surface area contributed by atoms with E-state index < -0.39 is 0 Å². The molecule has 1 unspecified atom stereocenters. The third-order valence-electron chi connectivity index (χ3n) is 1.30. The average Bonchev–Trinajstić information content (AvgIpc) is 1.90. The molecule has 1 aliphatic rings. The minimum atomic E-state index is 0.389. The summed E-state index contributed by atoms with van der Waals surface area (Å²) in [5.41, 5.74) is 0. The minimum absolute atomic E-state index is 0.389. The van der Waals surface area contributed by atoms with Crippen LogP contribution in [0.4, 0.5) is 0 Å². The van der Waals surface area contributed by atoms with Gasteiger partial charge in [0, 0.05) is 6.21 Å². The second-order valence-corrected chi connectivity index (χ2v) is 1.91. The van der Waals surface area contributed by atoms with Crippen LogP contribution in [0, 0.1) is 0 Å². The van der Waals surface area contributed by atoms with Crippen LogP contribution in [0.3, 0.4) is 0 Å². The maximum atomic E-state index is 5.28. The standard InChI is InChI=1S/C6H11NO/c1-2-6-5-7-3-4-8-6/h3,6H,2,4-5H2,1H3. The summed E-state index contributed by atoms with van der Waals surface area (Å²) in [5, 5.41) is 0. The summed E-state index contributed by atoms with van der Waals surface area (Å²) in [5.74, 6) is 0. The molecule has 2 heteroatoms. The molecule has 0 aromatic carbocycles. The van der Waals surface area contributed by atoms with Gasteiger partial charge in [0.25, 0.3) is 0 Å². The molecule has 0 saturated heterocycles. The highest BCUT2D eigenvalue weighted by Crippen LogP contribution is 2.00. The van der Waals surface area contributed by atoms with E-state index in [1.807, 2.05) is 6.21 Å². The van der Waals surface area contributed by atoms with Gasteiger partial charge in [0.2, 0.25) is 0 Å². The molecule has 1 rings (SSSR count). The molecule has 1 aliphatic heterocycles. The van der Waals surface area contributed by atoms with Crippen molar-refractivity contribution in [2.24, 2.45) is 4.99 Å². The molecule has 1 atom stereocenters. The van der Waals surface area contributed by atoms with Crippen LogP contribution in [-0.4, -0.2) is 25.5 Å². The molecule has 0 bridgehead atoms. The van der Waals surface area contributed by atoms with Crippen LogP contribution in [0.2, 0.25) is 0 Å². The van der Waals surface area contributed by atoms with Gasteiger partial charge in [-0.05, 0) is 6.42 Å². The van der Waals surface area contributed by atoms with Gasteiger partial charge in [0.05, 0.1) is 19.3 Å².